The van der Waals surface area contributed by atoms with Crippen molar-refractivity contribution in [3.8, 4) is 0 Å². The summed E-state index contributed by atoms with van der Waals surface area (Å²) in [5.41, 5.74) is 4.88. The highest BCUT2D eigenvalue weighted by molar-refractivity contribution is 5.39. The van der Waals surface area contributed by atoms with Gasteiger partial charge in [0.2, 0.25) is 0 Å². The van der Waals surface area contributed by atoms with E-state index in [1.807, 2.05) is 0 Å². The Hall–Kier alpha value is -0.820. The Kier molecular flexibility index (Phi) is 2.96. The largest absolute Gasteiger partial charge is 0.312 e. The van der Waals surface area contributed by atoms with Crippen molar-refractivity contribution in [1.29, 1.82) is 0 Å². The molecule has 86 valence electrons. The van der Waals surface area contributed by atoms with E-state index in [4.69, 9.17) is 0 Å². The molecule has 0 atom stereocenters. The molecule has 1 heteroatoms. The number of hydrogen-bond acceptors (Lipinski definition) is 1. The van der Waals surface area contributed by atoms with Crippen LogP contribution in [0.1, 0.15) is 54.7 Å². The van der Waals surface area contributed by atoms with Crippen LogP contribution in [-0.4, -0.2) is 6.54 Å². The average molecular weight is 215 g/mol. The maximum absolute atomic E-state index is 3.52. The summed E-state index contributed by atoms with van der Waals surface area (Å²) in [6.07, 6.45) is 8.36. The second-order valence-electron chi connectivity index (χ2n) is 5.25. The molecule has 1 aliphatic carbocycles. The molecule has 1 fully saturated rings. The first kappa shape index (κ1) is 10.3. The molecule has 0 saturated heterocycles. The summed E-state index contributed by atoms with van der Waals surface area (Å²) in [5, 5.41) is 3.52. The van der Waals surface area contributed by atoms with Crippen molar-refractivity contribution in [3.05, 3.63) is 34.9 Å². The van der Waals surface area contributed by atoms with Crippen LogP contribution in [0.3, 0.4) is 0 Å². The highest BCUT2D eigenvalue weighted by Gasteiger charge is 2.20. The predicted molar refractivity (Wildman–Crippen MR) is 67.7 cm³/mol. The topological polar surface area (TPSA) is 12.0 Å². The van der Waals surface area contributed by atoms with Crippen molar-refractivity contribution < 1.29 is 0 Å². The van der Waals surface area contributed by atoms with Gasteiger partial charge in [0, 0.05) is 6.54 Å². The number of nitrogens with one attached hydrogen (secondary N) is 1. The van der Waals surface area contributed by atoms with Gasteiger partial charge in [-0.15, -0.1) is 0 Å². The third-order valence-electron chi connectivity index (χ3n) is 4.23. The van der Waals surface area contributed by atoms with E-state index in [9.17, 15) is 0 Å². The second-order valence-corrected chi connectivity index (χ2v) is 5.25. The first-order chi connectivity index (χ1) is 7.95. The Morgan fingerprint density at radius 3 is 2.81 bits per heavy atom. The van der Waals surface area contributed by atoms with Crippen LogP contribution in [0, 0.1) is 0 Å². The van der Waals surface area contributed by atoms with Crippen molar-refractivity contribution in [2.75, 3.05) is 6.54 Å². The first-order valence-corrected chi connectivity index (χ1v) is 6.76. The van der Waals surface area contributed by atoms with Gasteiger partial charge in [0.05, 0.1) is 0 Å². The van der Waals surface area contributed by atoms with E-state index in [1.54, 1.807) is 16.7 Å². The summed E-state index contributed by atoms with van der Waals surface area (Å²) >= 11 is 0. The van der Waals surface area contributed by atoms with Gasteiger partial charge in [-0.3, -0.25) is 0 Å². The fourth-order valence-corrected chi connectivity index (χ4v) is 3.34. The minimum atomic E-state index is 0.851. The van der Waals surface area contributed by atoms with Crippen LogP contribution in [-0.2, 0) is 13.0 Å². The Bertz CT molecular complexity index is 364. The van der Waals surface area contributed by atoms with E-state index in [0.717, 1.165) is 19.0 Å². The third kappa shape index (κ3) is 1.89. The lowest BCUT2D eigenvalue weighted by Gasteiger charge is -2.28. The molecule has 1 aromatic rings. The van der Waals surface area contributed by atoms with Crippen LogP contribution in [0.5, 0.6) is 0 Å². The zero-order chi connectivity index (χ0) is 10.8. The molecule has 0 unspecified atom stereocenters. The fraction of sp³-hybridized carbons (Fsp3) is 0.600. The van der Waals surface area contributed by atoms with Gasteiger partial charge in [-0.05, 0) is 48.4 Å². The molecule has 1 saturated carbocycles. The molecule has 0 bridgehead atoms. The first-order valence-electron chi connectivity index (χ1n) is 6.76. The molecular formula is C15H21N. The molecule has 0 spiro atoms. The van der Waals surface area contributed by atoms with Gasteiger partial charge in [-0.25, -0.2) is 0 Å². The van der Waals surface area contributed by atoms with Gasteiger partial charge in [-0.1, -0.05) is 37.5 Å². The summed E-state index contributed by atoms with van der Waals surface area (Å²) in [6.45, 7) is 2.25. The third-order valence-corrected chi connectivity index (χ3v) is 4.23. The Labute approximate surface area is 98.3 Å². The van der Waals surface area contributed by atoms with Crippen LogP contribution >= 0.6 is 0 Å². The molecule has 1 aliphatic heterocycles. The number of benzene rings is 1. The minimum Gasteiger partial charge on any atom is -0.312 e. The lowest BCUT2D eigenvalue weighted by Crippen LogP contribution is -2.25. The van der Waals surface area contributed by atoms with Crippen molar-refractivity contribution in [2.24, 2.45) is 0 Å². The number of hydrogen-bond donors (Lipinski definition) is 1. The van der Waals surface area contributed by atoms with Gasteiger partial charge < -0.3 is 5.32 Å². The Balaban J connectivity index is 1.93. The molecule has 2 aliphatic rings. The smallest absolute Gasteiger partial charge is 0.0211 e. The van der Waals surface area contributed by atoms with E-state index in [2.05, 4.69) is 23.5 Å². The molecule has 1 N–H and O–H groups in total. The quantitative estimate of drug-likeness (QED) is 0.757. The second kappa shape index (κ2) is 4.58. The average Bonchev–Trinajstić information content (AvgIpc) is 2.39. The van der Waals surface area contributed by atoms with Crippen molar-refractivity contribution >= 4 is 0 Å². The van der Waals surface area contributed by atoms with Crippen molar-refractivity contribution in [2.45, 2.75) is 51.0 Å². The fourth-order valence-electron chi connectivity index (χ4n) is 3.34. The van der Waals surface area contributed by atoms with Gasteiger partial charge >= 0.3 is 0 Å². The molecule has 1 nitrogen and oxygen atoms in total. The van der Waals surface area contributed by atoms with Crippen molar-refractivity contribution in [3.63, 3.8) is 0 Å². The molecule has 3 rings (SSSR count). The summed E-state index contributed by atoms with van der Waals surface area (Å²) in [7, 11) is 0. The maximum Gasteiger partial charge on any atom is 0.0211 e. The monoisotopic (exact) mass is 215 g/mol. The molecule has 0 radical (unpaired) electrons. The number of fused-ring (bicyclic) bond motifs is 1. The molecular weight excluding hydrogens is 194 g/mol. The molecule has 0 amide bonds. The van der Waals surface area contributed by atoms with Gasteiger partial charge in [-0.2, -0.15) is 0 Å². The Morgan fingerprint density at radius 2 is 1.94 bits per heavy atom. The zero-order valence-electron chi connectivity index (χ0n) is 9.97. The van der Waals surface area contributed by atoms with Gasteiger partial charge in [0.1, 0.15) is 0 Å². The van der Waals surface area contributed by atoms with Crippen LogP contribution in [0.4, 0.5) is 0 Å². The molecule has 1 heterocycles. The SMILES string of the molecule is c1cc2c(c(C3CCCCC3)c1)CNCC2. The summed E-state index contributed by atoms with van der Waals surface area (Å²) in [4.78, 5) is 0. The lowest BCUT2D eigenvalue weighted by molar-refractivity contribution is 0.439. The lowest BCUT2D eigenvalue weighted by atomic mass is 9.80. The van der Waals surface area contributed by atoms with Gasteiger partial charge in [0.15, 0.2) is 0 Å². The van der Waals surface area contributed by atoms with Crippen LogP contribution in [0.25, 0.3) is 0 Å². The summed E-state index contributed by atoms with van der Waals surface area (Å²) in [5.74, 6) is 0.851. The summed E-state index contributed by atoms with van der Waals surface area (Å²) in [6, 6.07) is 6.97. The predicted octanol–water partition coefficient (Wildman–Crippen LogP) is 3.38. The standard InChI is InChI=1S/C15H21N/c1-2-5-12(6-3-1)14-8-4-7-13-9-10-16-11-15(13)14/h4,7-8,12,16H,1-3,5-6,9-11H2. The van der Waals surface area contributed by atoms with E-state index in [-0.39, 0.29) is 0 Å². The normalized spacial score (nSPS) is 21.8. The molecule has 16 heavy (non-hydrogen) atoms. The minimum absolute atomic E-state index is 0.851. The highest BCUT2D eigenvalue weighted by atomic mass is 14.9. The van der Waals surface area contributed by atoms with E-state index in [0.29, 0.717) is 0 Å². The van der Waals surface area contributed by atoms with Gasteiger partial charge in [0.25, 0.3) is 0 Å². The summed E-state index contributed by atoms with van der Waals surface area (Å²) < 4.78 is 0. The van der Waals surface area contributed by atoms with Crippen LogP contribution < -0.4 is 5.32 Å². The number of rotatable bonds is 1. The highest BCUT2D eigenvalue weighted by Crippen LogP contribution is 2.35. The maximum atomic E-state index is 3.52. The van der Waals surface area contributed by atoms with Crippen molar-refractivity contribution in [1.82, 2.24) is 5.32 Å². The molecule has 1 aromatic carbocycles. The zero-order valence-corrected chi connectivity index (χ0v) is 9.97. The van der Waals surface area contributed by atoms with Crippen LogP contribution in [0.15, 0.2) is 18.2 Å². The van der Waals surface area contributed by atoms with E-state index < -0.39 is 0 Å². The van der Waals surface area contributed by atoms with E-state index in [1.165, 1.54) is 38.5 Å². The van der Waals surface area contributed by atoms with E-state index >= 15 is 0 Å². The van der Waals surface area contributed by atoms with Crippen LogP contribution in [0.2, 0.25) is 0 Å². The molecule has 0 aromatic heterocycles. The Morgan fingerprint density at radius 1 is 1.06 bits per heavy atom.